The van der Waals surface area contributed by atoms with Crippen molar-refractivity contribution in [3.8, 4) is 0 Å². The number of unbranched alkanes of at least 4 members (excludes halogenated alkanes) is 2. The van der Waals surface area contributed by atoms with Gasteiger partial charge in [0.05, 0.1) is 11.0 Å². The highest BCUT2D eigenvalue weighted by Gasteiger charge is 2.40. The second-order valence-corrected chi connectivity index (χ2v) is 12.6. The number of carbonyl (C=O) groups is 2. The number of nitrogens with one attached hydrogen (secondary N) is 2. The zero-order valence-electron chi connectivity index (χ0n) is 27.6. The van der Waals surface area contributed by atoms with E-state index in [1.165, 1.54) is 0 Å². The van der Waals surface area contributed by atoms with Crippen LogP contribution in [0.5, 0.6) is 0 Å². The molecule has 0 unspecified atom stereocenters. The maximum absolute atomic E-state index is 14.2. The molecule has 2 amide bonds. The Hall–Kier alpha value is -4.95. The average molecular weight is 633 g/mol. The summed E-state index contributed by atoms with van der Waals surface area (Å²) in [6, 6.07) is 36.2. The summed E-state index contributed by atoms with van der Waals surface area (Å²) in [6.07, 6.45) is 2.55. The second kappa shape index (κ2) is 15.1. The molecule has 8 nitrogen and oxygen atoms in total. The molecule has 0 bridgehead atoms. The Morgan fingerprint density at radius 1 is 0.766 bits per heavy atom. The molecule has 0 aliphatic heterocycles. The van der Waals surface area contributed by atoms with E-state index in [0.717, 1.165) is 53.5 Å². The molecule has 244 valence electrons. The predicted molar refractivity (Wildman–Crippen MR) is 185 cm³/mol. The number of hydrogen-bond acceptors (Lipinski definition) is 5. The van der Waals surface area contributed by atoms with Crippen molar-refractivity contribution in [1.82, 2.24) is 20.3 Å². The fourth-order valence-electron chi connectivity index (χ4n) is 5.79. The van der Waals surface area contributed by atoms with E-state index in [4.69, 9.17) is 14.6 Å². The number of amides is 2. The Balaban J connectivity index is 1.52. The first kappa shape index (κ1) is 33.4. The lowest BCUT2D eigenvalue weighted by Crippen LogP contribution is -2.51. The number of hydrogen-bond donors (Lipinski definition) is 2. The van der Waals surface area contributed by atoms with E-state index in [9.17, 15) is 9.59 Å². The van der Waals surface area contributed by atoms with E-state index in [-0.39, 0.29) is 6.42 Å². The molecule has 0 fully saturated rings. The maximum Gasteiger partial charge on any atom is 0.408 e. The van der Waals surface area contributed by atoms with E-state index in [2.05, 4.69) is 22.3 Å². The fourth-order valence-corrected chi connectivity index (χ4v) is 5.79. The number of aromatic nitrogens is 2. The van der Waals surface area contributed by atoms with Gasteiger partial charge in [0.1, 0.15) is 17.5 Å². The molecule has 47 heavy (non-hydrogen) atoms. The van der Waals surface area contributed by atoms with Crippen molar-refractivity contribution in [2.45, 2.75) is 77.2 Å². The first-order valence-corrected chi connectivity index (χ1v) is 16.3. The number of rotatable bonds is 13. The number of hydroxylamine groups is 1. The summed E-state index contributed by atoms with van der Waals surface area (Å²) in [7, 11) is 0. The van der Waals surface area contributed by atoms with Crippen molar-refractivity contribution in [2.24, 2.45) is 0 Å². The van der Waals surface area contributed by atoms with E-state index >= 15 is 0 Å². The third-order valence-corrected chi connectivity index (χ3v) is 7.96. The number of carbonyl (C=O) groups excluding carboxylic acids is 2. The summed E-state index contributed by atoms with van der Waals surface area (Å²) in [4.78, 5) is 38.8. The molecule has 5 rings (SSSR count). The molecular formula is C39H44N4O4. The SMILES string of the molecule is CCCCCn1c(C[C@H](NC(=O)OC(C)(C)C)C(=O)NOC(c2ccccc2)(c2ccccc2)c2ccccc2)nc2ccccc21. The van der Waals surface area contributed by atoms with Gasteiger partial charge >= 0.3 is 6.09 Å². The molecule has 0 aliphatic rings. The lowest BCUT2D eigenvalue weighted by Gasteiger charge is -2.35. The summed E-state index contributed by atoms with van der Waals surface area (Å²) in [5.41, 5.74) is 5.13. The number of aryl methyl sites for hydroxylation is 1. The number of ether oxygens (including phenoxy) is 1. The summed E-state index contributed by atoms with van der Waals surface area (Å²) >= 11 is 0. The lowest BCUT2D eigenvalue weighted by atomic mass is 9.80. The molecule has 5 aromatic rings. The summed E-state index contributed by atoms with van der Waals surface area (Å²) in [5, 5.41) is 2.81. The first-order valence-electron chi connectivity index (χ1n) is 16.3. The van der Waals surface area contributed by atoms with E-state index < -0.39 is 29.2 Å². The van der Waals surface area contributed by atoms with E-state index in [0.29, 0.717) is 5.82 Å². The zero-order chi connectivity index (χ0) is 33.3. The van der Waals surface area contributed by atoms with Gasteiger partial charge in [0.2, 0.25) is 0 Å². The Labute approximate surface area is 277 Å². The highest BCUT2D eigenvalue weighted by atomic mass is 16.7. The Kier molecular flexibility index (Phi) is 10.7. The Bertz CT molecular complexity index is 1650. The topological polar surface area (TPSA) is 94.5 Å². The lowest BCUT2D eigenvalue weighted by molar-refractivity contribution is -0.145. The number of nitrogens with zero attached hydrogens (tertiary/aromatic N) is 2. The van der Waals surface area contributed by atoms with E-state index in [1.807, 2.05) is 115 Å². The van der Waals surface area contributed by atoms with Crippen LogP contribution >= 0.6 is 0 Å². The third-order valence-electron chi connectivity index (χ3n) is 7.96. The van der Waals surface area contributed by atoms with Crippen LogP contribution in [0.15, 0.2) is 115 Å². The Morgan fingerprint density at radius 2 is 1.30 bits per heavy atom. The van der Waals surface area contributed by atoms with Gasteiger partial charge in [0, 0.05) is 13.0 Å². The number of imidazole rings is 1. The quantitative estimate of drug-likeness (QED) is 0.0788. The highest BCUT2D eigenvalue weighted by Crippen LogP contribution is 2.39. The van der Waals surface area contributed by atoms with Crippen LogP contribution in [0.25, 0.3) is 11.0 Å². The van der Waals surface area contributed by atoms with Gasteiger partial charge in [0.15, 0.2) is 5.60 Å². The molecule has 1 atom stereocenters. The first-order chi connectivity index (χ1) is 22.7. The van der Waals surface area contributed by atoms with Crippen molar-refractivity contribution >= 4 is 23.0 Å². The van der Waals surface area contributed by atoms with Crippen LogP contribution < -0.4 is 10.8 Å². The monoisotopic (exact) mass is 632 g/mol. The van der Waals surface area contributed by atoms with Crippen LogP contribution in [0.1, 0.15) is 69.5 Å². The summed E-state index contributed by atoms with van der Waals surface area (Å²) < 4.78 is 7.72. The number of alkyl carbamates (subject to hydrolysis) is 1. The van der Waals surface area contributed by atoms with Gasteiger partial charge in [-0.15, -0.1) is 0 Å². The normalized spacial score (nSPS) is 12.4. The molecule has 2 N–H and O–H groups in total. The van der Waals surface area contributed by atoms with Crippen LogP contribution in [-0.2, 0) is 32.9 Å². The summed E-state index contributed by atoms with van der Waals surface area (Å²) in [5.74, 6) is 0.161. The van der Waals surface area contributed by atoms with Crippen LogP contribution in [0.4, 0.5) is 4.79 Å². The van der Waals surface area contributed by atoms with Crippen LogP contribution in [0.3, 0.4) is 0 Å². The van der Waals surface area contributed by atoms with Gasteiger partial charge in [-0.3, -0.25) is 9.63 Å². The number of fused-ring (bicyclic) bond motifs is 1. The third kappa shape index (κ3) is 8.07. The van der Waals surface area contributed by atoms with Gasteiger partial charge in [-0.25, -0.2) is 15.3 Å². The fraction of sp³-hybridized carbons (Fsp3) is 0.308. The Morgan fingerprint density at radius 3 is 1.83 bits per heavy atom. The second-order valence-electron chi connectivity index (χ2n) is 12.6. The van der Waals surface area contributed by atoms with Gasteiger partial charge in [0.25, 0.3) is 5.91 Å². The van der Waals surface area contributed by atoms with Crippen molar-refractivity contribution in [3.05, 3.63) is 138 Å². The molecule has 1 aromatic heterocycles. The summed E-state index contributed by atoms with van der Waals surface area (Å²) in [6.45, 7) is 8.27. The molecule has 0 saturated heterocycles. The molecule has 1 heterocycles. The van der Waals surface area contributed by atoms with Gasteiger partial charge < -0.3 is 14.6 Å². The minimum absolute atomic E-state index is 0.129. The van der Waals surface area contributed by atoms with Crippen LogP contribution in [-0.4, -0.2) is 33.2 Å². The number of para-hydroxylation sites is 2. The van der Waals surface area contributed by atoms with Gasteiger partial charge in [-0.2, -0.15) is 0 Å². The van der Waals surface area contributed by atoms with Crippen molar-refractivity contribution in [1.29, 1.82) is 0 Å². The van der Waals surface area contributed by atoms with Gasteiger partial charge in [-0.1, -0.05) is 123 Å². The van der Waals surface area contributed by atoms with E-state index in [1.54, 1.807) is 20.8 Å². The van der Waals surface area contributed by atoms with Crippen molar-refractivity contribution in [3.63, 3.8) is 0 Å². The predicted octanol–water partition coefficient (Wildman–Crippen LogP) is 7.70. The largest absolute Gasteiger partial charge is 0.444 e. The molecule has 0 spiro atoms. The maximum atomic E-state index is 14.2. The molecule has 0 saturated carbocycles. The molecule has 0 radical (unpaired) electrons. The number of benzene rings is 4. The van der Waals surface area contributed by atoms with Crippen LogP contribution in [0.2, 0.25) is 0 Å². The highest BCUT2D eigenvalue weighted by molar-refractivity contribution is 5.85. The van der Waals surface area contributed by atoms with Crippen LogP contribution in [0, 0.1) is 0 Å². The minimum Gasteiger partial charge on any atom is -0.444 e. The van der Waals surface area contributed by atoms with Gasteiger partial charge in [-0.05, 0) is 56.0 Å². The van der Waals surface area contributed by atoms with Crippen molar-refractivity contribution in [2.75, 3.05) is 0 Å². The molecule has 4 aromatic carbocycles. The smallest absolute Gasteiger partial charge is 0.408 e. The zero-order valence-corrected chi connectivity index (χ0v) is 27.6. The average Bonchev–Trinajstić information content (AvgIpc) is 3.42. The minimum atomic E-state index is -1.19. The standard InChI is InChI=1S/C39H44N4O4/c1-5-6-18-27-43-34-26-17-16-25-32(34)40-35(43)28-33(41-37(45)46-38(2,3)4)36(44)42-47-39(29-19-10-7-11-20-29,30-21-12-8-13-22-30)31-23-14-9-15-24-31/h7-17,19-26,33H,5-6,18,27-28H2,1-4H3,(H,41,45)(H,42,44)/t33-/m0/s1. The molecule has 0 aliphatic carbocycles. The van der Waals surface area contributed by atoms with Crippen molar-refractivity contribution < 1.29 is 19.2 Å². The molecular weight excluding hydrogens is 588 g/mol. The molecule has 8 heteroatoms.